The number of amides is 1. The molecular weight excluding hydrogens is 390 g/mol. The third-order valence-electron chi connectivity index (χ3n) is 5.55. The molecule has 1 aliphatic heterocycles. The molecule has 5 rings (SSSR count). The minimum atomic E-state index is -0.0585. The van der Waals surface area contributed by atoms with Crippen LogP contribution in [-0.2, 0) is 0 Å². The minimum Gasteiger partial charge on any atom is -0.490 e. The van der Waals surface area contributed by atoms with E-state index in [-0.39, 0.29) is 12.0 Å². The predicted octanol–water partition coefficient (Wildman–Crippen LogP) is 3.89. The summed E-state index contributed by atoms with van der Waals surface area (Å²) in [6.07, 6.45) is 1.70. The Balaban J connectivity index is 1.30. The second kappa shape index (κ2) is 8.10. The third kappa shape index (κ3) is 3.94. The second-order valence-corrected chi connectivity index (χ2v) is 7.67. The Morgan fingerprint density at radius 1 is 1.00 bits per heavy atom. The molecule has 3 heterocycles. The minimum absolute atomic E-state index is 0.0585. The molecule has 7 nitrogen and oxygen atoms in total. The molecule has 31 heavy (non-hydrogen) atoms. The highest BCUT2D eigenvalue weighted by Gasteiger charge is 2.26. The lowest BCUT2D eigenvalue weighted by atomic mass is 10.1. The summed E-state index contributed by atoms with van der Waals surface area (Å²) in [7, 11) is 0. The lowest BCUT2D eigenvalue weighted by molar-refractivity contribution is 0.0591. The first kappa shape index (κ1) is 19.1. The molecule has 0 bridgehead atoms. The summed E-state index contributed by atoms with van der Waals surface area (Å²) in [6, 6.07) is 21.2. The van der Waals surface area contributed by atoms with E-state index in [4.69, 9.17) is 10.5 Å². The fourth-order valence-electron chi connectivity index (χ4n) is 3.90. The first-order valence-electron chi connectivity index (χ1n) is 10.4. The van der Waals surface area contributed by atoms with Crippen molar-refractivity contribution in [1.82, 2.24) is 19.9 Å². The summed E-state index contributed by atoms with van der Waals surface area (Å²) >= 11 is 0. The molecule has 2 aromatic carbocycles. The SMILES string of the molecule is Nc1nc(-c2ccccc2)nc2[nH]c(C(=O)N3CCC(Oc4ccccc4)CC3)cc12. The number of nitrogen functional groups attached to an aromatic ring is 1. The number of H-pyrrole nitrogens is 1. The summed E-state index contributed by atoms with van der Waals surface area (Å²) in [5.74, 6) is 1.70. The summed E-state index contributed by atoms with van der Waals surface area (Å²) in [4.78, 5) is 27.0. The predicted molar refractivity (Wildman–Crippen MR) is 120 cm³/mol. The molecule has 0 spiro atoms. The van der Waals surface area contributed by atoms with Crippen LogP contribution in [0, 0.1) is 0 Å². The zero-order chi connectivity index (χ0) is 21.2. The van der Waals surface area contributed by atoms with E-state index in [0.717, 1.165) is 24.2 Å². The van der Waals surface area contributed by atoms with Crippen LogP contribution < -0.4 is 10.5 Å². The van der Waals surface area contributed by atoms with Crippen LogP contribution in [0.2, 0.25) is 0 Å². The molecule has 0 saturated carbocycles. The van der Waals surface area contributed by atoms with Crippen LogP contribution in [0.25, 0.3) is 22.4 Å². The van der Waals surface area contributed by atoms with Crippen molar-refractivity contribution < 1.29 is 9.53 Å². The van der Waals surface area contributed by atoms with E-state index >= 15 is 0 Å². The summed E-state index contributed by atoms with van der Waals surface area (Å²) in [5.41, 5.74) is 8.08. The number of nitrogens with zero attached hydrogens (tertiary/aromatic N) is 3. The third-order valence-corrected chi connectivity index (χ3v) is 5.55. The van der Waals surface area contributed by atoms with Crippen molar-refractivity contribution in [3.8, 4) is 17.1 Å². The summed E-state index contributed by atoms with van der Waals surface area (Å²) in [6.45, 7) is 1.28. The van der Waals surface area contributed by atoms with Gasteiger partial charge in [0.25, 0.3) is 5.91 Å². The Labute approximate surface area is 179 Å². The summed E-state index contributed by atoms with van der Waals surface area (Å²) < 4.78 is 6.03. The van der Waals surface area contributed by atoms with Gasteiger partial charge in [0, 0.05) is 31.5 Å². The van der Waals surface area contributed by atoms with Crippen molar-refractivity contribution in [2.24, 2.45) is 0 Å². The normalized spacial score (nSPS) is 14.6. The number of hydrogen-bond donors (Lipinski definition) is 2. The highest BCUT2D eigenvalue weighted by atomic mass is 16.5. The van der Waals surface area contributed by atoms with Gasteiger partial charge in [-0.15, -0.1) is 0 Å². The number of ether oxygens (including phenoxy) is 1. The first-order chi connectivity index (χ1) is 15.2. The number of anilines is 1. The number of para-hydroxylation sites is 1. The number of aromatic amines is 1. The average Bonchev–Trinajstić information content (AvgIpc) is 3.25. The Morgan fingerprint density at radius 3 is 2.39 bits per heavy atom. The van der Waals surface area contributed by atoms with E-state index in [1.54, 1.807) is 6.07 Å². The van der Waals surface area contributed by atoms with Crippen LogP contribution in [0.5, 0.6) is 5.75 Å². The largest absolute Gasteiger partial charge is 0.490 e. The van der Waals surface area contributed by atoms with Crippen LogP contribution in [0.3, 0.4) is 0 Å². The van der Waals surface area contributed by atoms with Gasteiger partial charge in [-0.3, -0.25) is 4.79 Å². The maximum Gasteiger partial charge on any atom is 0.270 e. The Kier molecular flexibility index (Phi) is 5.00. The molecule has 156 valence electrons. The highest BCUT2D eigenvalue weighted by Crippen LogP contribution is 2.25. The number of nitrogens with one attached hydrogen (secondary N) is 1. The maximum atomic E-state index is 13.1. The molecule has 2 aromatic heterocycles. The number of hydrogen-bond acceptors (Lipinski definition) is 5. The fourth-order valence-corrected chi connectivity index (χ4v) is 3.90. The summed E-state index contributed by atoms with van der Waals surface area (Å²) in [5, 5.41) is 0.658. The number of rotatable bonds is 4. The molecule has 3 N–H and O–H groups in total. The number of benzene rings is 2. The number of nitrogens with two attached hydrogens (primary N) is 1. The van der Waals surface area contributed by atoms with Gasteiger partial charge >= 0.3 is 0 Å². The first-order valence-corrected chi connectivity index (χ1v) is 10.4. The molecule has 1 fully saturated rings. The molecule has 0 aliphatic carbocycles. The Hall–Kier alpha value is -3.87. The van der Waals surface area contributed by atoms with Gasteiger partial charge in [0.05, 0.1) is 5.39 Å². The zero-order valence-corrected chi connectivity index (χ0v) is 17.0. The van der Waals surface area contributed by atoms with Gasteiger partial charge in [0.2, 0.25) is 0 Å². The van der Waals surface area contributed by atoms with Gasteiger partial charge in [-0.2, -0.15) is 0 Å². The van der Waals surface area contributed by atoms with Gasteiger partial charge in [-0.05, 0) is 18.2 Å². The van der Waals surface area contributed by atoms with Crippen molar-refractivity contribution in [3.05, 3.63) is 72.4 Å². The van der Waals surface area contributed by atoms with Crippen LogP contribution in [0.15, 0.2) is 66.7 Å². The molecular formula is C24H23N5O2. The van der Waals surface area contributed by atoms with Crippen molar-refractivity contribution in [2.45, 2.75) is 18.9 Å². The van der Waals surface area contributed by atoms with Crippen molar-refractivity contribution in [1.29, 1.82) is 0 Å². The quantitative estimate of drug-likeness (QED) is 0.529. The maximum absolute atomic E-state index is 13.1. The Morgan fingerprint density at radius 2 is 1.68 bits per heavy atom. The van der Waals surface area contributed by atoms with Gasteiger partial charge in [-0.1, -0.05) is 48.5 Å². The number of carbonyl (C=O) groups excluding carboxylic acids is 1. The standard InChI is InChI=1S/C24H23N5O2/c25-21-19-15-20(26-23(19)28-22(27-21)16-7-3-1-4-8-16)24(30)29-13-11-18(12-14-29)31-17-9-5-2-6-10-17/h1-10,15,18H,11-14H2,(H3,25,26,27,28). The number of likely N-dealkylation sites (tertiary alicyclic amines) is 1. The van der Waals surface area contributed by atoms with E-state index < -0.39 is 0 Å². The fraction of sp³-hybridized carbons (Fsp3) is 0.208. The van der Waals surface area contributed by atoms with Gasteiger partial charge in [0.15, 0.2) is 5.82 Å². The molecule has 4 aromatic rings. The number of carbonyl (C=O) groups is 1. The molecule has 0 unspecified atom stereocenters. The van der Waals surface area contributed by atoms with E-state index in [1.807, 2.05) is 65.6 Å². The van der Waals surface area contributed by atoms with Crippen molar-refractivity contribution >= 4 is 22.8 Å². The lowest BCUT2D eigenvalue weighted by Crippen LogP contribution is -2.41. The monoisotopic (exact) mass is 413 g/mol. The van der Waals surface area contributed by atoms with Crippen LogP contribution >= 0.6 is 0 Å². The highest BCUT2D eigenvalue weighted by molar-refractivity contribution is 6.00. The van der Waals surface area contributed by atoms with E-state index in [0.29, 0.717) is 41.5 Å². The Bertz CT molecular complexity index is 1200. The van der Waals surface area contributed by atoms with E-state index in [9.17, 15) is 4.79 Å². The van der Waals surface area contributed by atoms with Gasteiger partial charge < -0.3 is 20.4 Å². The molecule has 1 amide bonds. The van der Waals surface area contributed by atoms with Crippen molar-refractivity contribution in [3.63, 3.8) is 0 Å². The molecule has 0 atom stereocenters. The molecule has 1 saturated heterocycles. The lowest BCUT2D eigenvalue weighted by Gasteiger charge is -2.32. The van der Waals surface area contributed by atoms with Crippen LogP contribution in [0.4, 0.5) is 5.82 Å². The second-order valence-electron chi connectivity index (χ2n) is 7.67. The average molecular weight is 413 g/mol. The van der Waals surface area contributed by atoms with Gasteiger partial charge in [-0.25, -0.2) is 9.97 Å². The number of piperidine rings is 1. The molecule has 7 heteroatoms. The number of aromatic nitrogens is 3. The van der Waals surface area contributed by atoms with E-state index in [1.165, 1.54) is 0 Å². The number of fused-ring (bicyclic) bond motifs is 1. The zero-order valence-electron chi connectivity index (χ0n) is 17.0. The van der Waals surface area contributed by atoms with Crippen LogP contribution in [-0.4, -0.2) is 45.0 Å². The molecule has 1 aliphatic rings. The smallest absolute Gasteiger partial charge is 0.270 e. The topological polar surface area (TPSA) is 97.1 Å². The molecule has 0 radical (unpaired) electrons. The van der Waals surface area contributed by atoms with Gasteiger partial charge in [0.1, 0.15) is 29.0 Å². The van der Waals surface area contributed by atoms with E-state index in [2.05, 4.69) is 15.0 Å². The van der Waals surface area contributed by atoms with Crippen LogP contribution in [0.1, 0.15) is 23.3 Å². The van der Waals surface area contributed by atoms with Crippen molar-refractivity contribution in [2.75, 3.05) is 18.8 Å².